The first-order valence-corrected chi connectivity index (χ1v) is 4.84. The van der Waals surface area contributed by atoms with Gasteiger partial charge >= 0.3 is 0 Å². The first-order chi connectivity index (χ1) is 6.77. The van der Waals surface area contributed by atoms with E-state index in [-0.39, 0.29) is 12.4 Å². The Morgan fingerprint density at radius 2 is 2.21 bits per heavy atom. The third-order valence-corrected chi connectivity index (χ3v) is 3.24. The van der Waals surface area contributed by atoms with Crippen molar-refractivity contribution < 1.29 is 10.2 Å². The highest BCUT2D eigenvalue weighted by Crippen LogP contribution is 2.38. The second kappa shape index (κ2) is 3.29. The zero-order chi connectivity index (χ0) is 10.1. The van der Waals surface area contributed by atoms with Crippen molar-refractivity contribution in [2.24, 2.45) is 0 Å². The van der Waals surface area contributed by atoms with E-state index in [0.717, 1.165) is 4.70 Å². The molecule has 0 fully saturated rings. The summed E-state index contributed by atoms with van der Waals surface area (Å²) >= 11 is 1.25. The van der Waals surface area contributed by atoms with Gasteiger partial charge in [0.15, 0.2) is 0 Å². The topological polar surface area (TPSA) is 64.2 Å². The number of aliphatic hydroxyl groups excluding tert-OH is 1. The van der Waals surface area contributed by atoms with Crippen LogP contribution in [0.15, 0.2) is 18.2 Å². The Morgan fingerprint density at radius 3 is 2.86 bits per heavy atom. The summed E-state index contributed by atoms with van der Waals surface area (Å²) in [5, 5.41) is 28.1. The second-order valence-electron chi connectivity index (χ2n) is 2.83. The van der Waals surface area contributed by atoms with E-state index in [2.05, 4.69) is 6.07 Å². The van der Waals surface area contributed by atoms with Crippen molar-refractivity contribution in [2.75, 3.05) is 0 Å². The van der Waals surface area contributed by atoms with Crippen LogP contribution in [0.3, 0.4) is 0 Å². The Hall–Kier alpha value is -1.57. The van der Waals surface area contributed by atoms with Gasteiger partial charge in [0.2, 0.25) is 0 Å². The molecule has 0 saturated carbocycles. The molecule has 4 heteroatoms. The highest BCUT2D eigenvalue weighted by Gasteiger charge is 2.12. The predicted molar refractivity (Wildman–Crippen MR) is 54.1 cm³/mol. The summed E-state index contributed by atoms with van der Waals surface area (Å²) in [5.41, 5.74) is 0.530. The van der Waals surface area contributed by atoms with E-state index in [1.54, 1.807) is 18.2 Å². The normalized spacial score (nSPS) is 10.3. The first kappa shape index (κ1) is 9.00. The fourth-order valence-corrected chi connectivity index (χ4v) is 2.37. The molecule has 1 aromatic carbocycles. The van der Waals surface area contributed by atoms with Gasteiger partial charge in [0.25, 0.3) is 0 Å². The summed E-state index contributed by atoms with van der Waals surface area (Å²) in [6.07, 6.45) is 0. The van der Waals surface area contributed by atoms with Gasteiger partial charge in [-0.2, -0.15) is 5.26 Å². The fraction of sp³-hybridized carbons (Fsp3) is 0.100. The molecule has 2 rings (SSSR count). The van der Waals surface area contributed by atoms with Gasteiger partial charge < -0.3 is 10.2 Å². The number of benzene rings is 1. The van der Waals surface area contributed by atoms with Crippen molar-refractivity contribution in [3.8, 4) is 11.8 Å². The third kappa shape index (κ3) is 1.15. The number of thiophene rings is 1. The highest BCUT2D eigenvalue weighted by atomic mass is 32.1. The lowest BCUT2D eigenvalue weighted by atomic mass is 10.1. The molecule has 2 aromatic rings. The molecule has 70 valence electrons. The van der Waals surface area contributed by atoms with Gasteiger partial charge in [-0.15, -0.1) is 11.3 Å². The second-order valence-corrected chi connectivity index (χ2v) is 3.93. The molecule has 1 heterocycles. The van der Waals surface area contributed by atoms with Crippen LogP contribution in [0.25, 0.3) is 10.1 Å². The van der Waals surface area contributed by atoms with E-state index in [9.17, 15) is 5.11 Å². The smallest absolute Gasteiger partial charge is 0.139 e. The maximum atomic E-state index is 9.65. The molecule has 0 unspecified atom stereocenters. The number of fused-ring (bicyclic) bond motifs is 1. The number of hydrogen-bond acceptors (Lipinski definition) is 4. The molecule has 0 atom stereocenters. The molecule has 2 N–H and O–H groups in total. The van der Waals surface area contributed by atoms with Gasteiger partial charge in [0, 0.05) is 5.39 Å². The minimum Gasteiger partial charge on any atom is -0.506 e. The number of hydrogen-bond donors (Lipinski definition) is 2. The zero-order valence-corrected chi connectivity index (χ0v) is 8.01. The molecule has 0 bridgehead atoms. The van der Waals surface area contributed by atoms with E-state index in [4.69, 9.17) is 10.4 Å². The van der Waals surface area contributed by atoms with Crippen molar-refractivity contribution in [1.29, 1.82) is 5.26 Å². The van der Waals surface area contributed by atoms with Crippen LogP contribution in [-0.2, 0) is 6.61 Å². The molecule has 0 amide bonds. The van der Waals surface area contributed by atoms with Crippen LogP contribution in [0.1, 0.15) is 10.4 Å². The maximum absolute atomic E-state index is 9.65. The fourth-order valence-electron chi connectivity index (χ4n) is 1.35. The van der Waals surface area contributed by atoms with Crippen molar-refractivity contribution in [3.63, 3.8) is 0 Å². The molecule has 0 aliphatic carbocycles. The van der Waals surface area contributed by atoms with E-state index in [0.29, 0.717) is 15.8 Å². The molecule has 3 nitrogen and oxygen atoms in total. The van der Waals surface area contributed by atoms with Gasteiger partial charge in [0.1, 0.15) is 11.8 Å². The van der Waals surface area contributed by atoms with Crippen LogP contribution in [-0.4, -0.2) is 10.2 Å². The predicted octanol–water partition coefficient (Wildman–Crippen LogP) is 1.97. The Balaban J connectivity index is 2.85. The number of nitrogens with zero attached hydrogens (tertiary/aromatic N) is 1. The van der Waals surface area contributed by atoms with Crippen molar-refractivity contribution in [2.45, 2.75) is 6.61 Å². The number of rotatable bonds is 1. The van der Waals surface area contributed by atoms with Crippen molar-refractivity contribution >= 4 is 21.4 Å². The van der Waals surface area contributed by atoms with Crippen LogP contribution in [0.5, 0.6) is 5.75 Å². The Kier molecular flexibility index (Phi) is 2.12. The van der Waals surface area contributed by atoms with Crippen LogP contribution < -0.4 is 0 Å². The molecule has 1 aromatic heterocycles. The van der Waals surface area contributed by atoms with Crippen LogP contribution >= 0.6 is 11.3 Å². The standard InChI is InChI=1S/C10H7NO2S/c11-4-6-2-1-3-7-9(13)8(5-12)14-10(6)7/h1-3,12-13H,5H2. The molecule has 14 heavy (non-hydrogen) atoms. The molecule has 0 radical (unpaired) electrons. The number of aromatic hydroxyl groups is 1. The molecule has 0 aliphatic heterocycles. The Labute approximate surface area is 84.5 Å². The van der Waals surface area contributed by atoms with E-state index in [1.807, 2.05) is 0 Å². The van der Waals surface area contributed by atoms with Gasteiger partial charge in [-0.25, -0.2) is 0 Å². The monoisotopic (exact) mass is 205 g/mol. The van der Waals surface area contributed by atoms with E-state index < -0.39 is 0 Å². The Morgan fingerprint density at radius 1 is 1.43 bits per heavy atom. The summed E-state index contributed by atoms with van der Waals surface area (Å²) in [6.45, 7) is -0.198. The lowest BCUT2D eigenvalue weighted by Gasteiger charge is -1.91. The third-order valence-electron chi connectivity index (χ3n) is 2.02. The first-order valence-electron chi connectivity index (χ1n) is 4.02. The molecular formula is C10H7NO2S. The van der Waals surface area contributed by atoms with Gasteiger partial charge in [-0.05, 0) is 12.1 Å². The lowest BCUT2D eigenvalue weighted by Crippen LogP contribution is -1.74. The van der Waals surface area contributed by atoms with Gasteiger partial charge in [-0.1, -0.05) is 6.07 Å². The molecular weight excluding hydrogens is 198 g/mol. The van der Waals surface area contributed by atoms with Gasteiger partial charge in [-0.3, -0.25) is 0 Å². The quantitative estimate of drug-likeness (QED) is 0.748. The summed E-state index contributed by atoms with van der Waals surface area (Å²) in [6, 6.07) is 7.20. The SMILES string of the molecule is N#Cc1cccc2c(O)c(CO)sc12. The van der Waals surface area contributed by atoms with Crippen LogP contribution in [0, 0.1) is 11.3 Å². The molecule has 0 aliphatic rings. The van der Waals surface area contributed by atoms with Crippen LogP contribution in [0.4, 0.5) is 0 Å². The zero-order valence-electron chi connectivity index (χ0n) is 7.19. The average molecular weight is 205 g/mol. The molecule has 0 saturated heterocycles. The number of aliphatic hydroxyl groups is 1. The van der Waals surface area contributed by atoms with E-state index in [1.165, 1.54) is 11.3 Å². The average Bonchev–Trinajstić information content (AvgIpc) is 2.55. The van der Waals surface area contributed by atoms with Crippen molar-refractivity contribution in [3.05, 3.63) is 28.6 Å². The van der Waals surface area contributed by atoms with Crippen LogP contribution in [0.2, 0.25) is 0 Å². The number of nitriles is 1. The minimum absolute atomic E-state index is 0.0876. The van der Waals surface area contributed by atoms with E-state index >= 15 is 0 Å². The minimum atomic E-state index is -0.198. The maximum Gasteiger partial charge on any atom is 0.139 e. The lowest BCUT2D eigenvalue weighted by molar-refractivity contribution is 0.280. The summed E-state index contributed by atoms with van der Waals surface area (Å²) < 4.78 is 0.733. The summed E-state index contributed by atoms with van der Waals surface area (Å²) in [5.74, 6) is 0.0876. The van der Waals surface area contributed by atoms with Crippen molar-refractivity contribution in [1.82, 2.24) is 0 Å². The van der Waals surface area contributed by atoms with Gasteiger partial charge in [0.05, 0.1) is 21.7 Å². The Bertz CT molecular complexity index is 525. The summed E-state index contributed by atoms with van der Waals surface area (Å²) in [7, 11) is 0. The molecule has 0 spiro atoms. The largest absolute Gasteiger partial charge is 0.506 e. The highest BCUT2D eigenvalue weighted by molar-refractivity contribution is 7.19. The summed E-state index contributed by atoms with van der Waals surface area (Å²) in [4.78, 5) is 0.503.